The van der Waals surface area contributed by atoms with Crippen molar-refractivity contribution in [1.29, 1.82) is 0 Å². The number of benzene rings is 1. The molecule has 1 aliphatic carbocycles. The minimum atomic E-state index is -3.50. The Morgan fingerprint density at radius 2 is 1.95 bits per heavy atom. The van der Waals surface area contributed by atoms with Gasteiger partial charge in [-0.05, 0) is 50.5 Å². The second-order valence-corrected chi connectivity index (χ2v) is 7.07. The van der Waals surface area contributed by atoms with E-state index >= 15 is 0 Å². The minimum Gasteiger partial charge on any atom is -0.494 e. The third kappa shape index (κ3) is 3.75. The van der Waals surface area contributed by atoms with E-state index in [4.69, 9.17) is 9.84 Å². The van der Waals surface area contributed by atoms with Crippen LogP contribution in [0, 0.1) is 0 Å². The molecule has 0 aromatic heterocycles. The summed E-state index contributed by atoms with van der Waals surface area (Å²) in [6.45, 7) is 2.81. The molecule has 2 rings (SSSR count). The van der Waals surface area contributed by atoms with E-state index in [9.17, 15) is 8.42 Å². The maximum atomic E-state index is 12.7. The molecular weight excluding hydrogens is 290 g/mol. The summed E-state index contributed by atoms with van der Waals surface area (Å²) in [6.07, 6.45) is 3.34. The fraction of sp³-hybridized carbons (Fsp3) is 0.600. The Morgan fingerprint density at radius 3 is 2.43 bits per heavy atom. The Morgan fingerprint density at radius 1 is 1.29 bits per heavy atom. The van der Waals surface area contributed by atoms with Crippen LogP contribution in [0.25, 0.3) is 0 Å². The van der Waals surface area contributed by atoms with Crippen LogP contribution in [-0.4, -0.2) is 43.6 Å². The topological polar surface area (TPSA) is 66.8 Å². The summed E-state index contributed by atoms with van der Waals surface area (Å²) in [5, 5.41) is 8.98. The normalized spacial score (nSPS) is 16.0. The first kappa shape index (κ1) is 16.3. The fourth-order valence-corrected chi connectivity index (χ4v) is 4.13. The van der Waals surface area contributed by atoms with E-state index < -0.39 is 10.0 Å². The van der Waals surface area contributed by atoms with Crippen LogP contribution in [0.4, 0.5) is 0 Å². The monoisotopic (exact) mass is 313 g/mol. The minimum absolute atomic E-state index is 0.00200. The number of ether oxygens (including phenoxy) is 1. The van der Waals surface area contributed by atoms with E-state index in [0.29, 0.717) is 25.3 Å². The van der Waals surface area contributed by atoms with Gasteiger partial charge in [0, 0.05) is 19.2 Å². The molecule has 118 valence electrons. The van der Waals surface area contributed by atoms with Crippen LogP contribution >= 0.6 is 0 Å². The van der Waals surface area contributed by atoms with Crippen LogP contribution in [0.1, 0.15) is 32.6 Å². The first-order valence-electron chi connectivity index (χ1n) is 7.45. The lowest BCUT2D eigenvalue weighted by Gasteiger charge is -2.36. The van der Waals surface area contributed by atoms with Gasteiger partial charge in [0.05, 0.1) is 11.5 Å². The van der Waals surface area contributed by atoms with Crippen molar-refractivity contribution >= 4 is 10.0 Å². The summed E-state index contributed by atoms with van der Waals surface area (Å²) >= 11 is 0. The van der Waals surface area contributed by atoms with Gasteiger partial charge in [-0.15, -0.1) is 0 Å². The summed E-state index contributed by atoms with van der Waals surface area (Å²) < 4.78 is 32.4. The van der Waals surface area contributed by atoms with E-state index in [2.05, 4.69) is 0 Å². The number of aliphatic hydroxyl groups is 1. The fourth-order valence-electron chi connectivity index (χ4n) is 2.41. The average Bonchev–Trinajstić information content (AvgIpc) is 2.42. The third-order valence-corrected chi connectivity index (χ3v) is 5.73. The zero-order chi connectivity index (χ0) is 15.3. The van der Waals surface area contributed by atoms with Gasteiger partial charge in [0.2, 0.25) is 10.0 Å². The van der Waals surface area contributed by atoms with Crippen LogP contribution in [-0.2, 0) is 10.0 Å². The molecule has 6 heteroatoms. The molecule has 1 fully saturated rings. The highest BCUT2D eigenvalue weighted by atomic mass is 32.2. The van der Waals surface area contributed by atoms with E-state index in [0.717, 1.165) is 19.3 Å². The molecule has 1 aromatic carbocycles. The maximum Gasteiger partial charge on any atom is 0.243 e. The van der Waals surface area contributed by atoms with Gasteiger partial charge in [-0.25, -0.2) is 8.42 Å². The third-order valence-electron chi connectivity index (χ3n) is 3.76. The van der Waals surface area contributed by atoms with Crippen LogP contribution in [0.15, 0.2) is 29.2 Å². The van der Waals surface area contributed by atoms with Crippen molar-refractivity contribution < 1.29 is 18.3 Å². The maximum absolute atomic E-state index is 12.7. The molecule has 0 unspecified atom stereocenters. The average molecular weight is 313 g/mol. The van der Waals surface area contributed by atoms with Gasteiger partial charge < -0.3 is 9.84 Å². The van der Waals surface area contributed by atoms with Gasteiger partial charge in [0.1, 0.15) is 5.75 Å². The van der Waals surface area contributed by atoms with E-state index in [-0.39, 0.29) is 17.5 Å². The van der Waals surface area contributed by atoms with Crippen LogP contribution < -0.4 is 4.74 Å². The highest BCUT2D eigenvalue weighted by molar-refractivity contribution is 7.89. The van der Waals surface area contributed by atoms with Gasteiger partial charge in [-0.2, -0.15) is 4.31 Å². The molecule has 0 bridgehead atoms. The van der Waals surface area contributed by atoms with Crippen molar-refractivity contribution in [2.75, 3.05) is 19.8 Å². The number of rotatable bonds is 8. The predicted molar refractivity (Wildman–Crippen MR) is 80.8 cm³/mol. The molecular formula is C15H23NO4S. The summed E-state index contributed by atoms with van der Waals surface area (Å²) in [6, 6.07) is 6.62. The first-order chi connectivity index (χ1) is 10.1. The Hall–Kier alpha value is -1.11. The highest BCUT2D eigenvalue weighted by Crippen LogP contribution is 2.30. The molecule has 21 heavy (non-hydrogen) atoms. The largest absolute Gasteiger partial charge is 0.494 e. The molecule has 0 spiro atoms. The zero-order valence-electron chi connectivity index (χ0n) is 12.4. The van der Waals surface area contributed by atoms with Gasteiger partial charge in [0.25, 0.3) is 0 Å². The SMILES string of the molecule is CCOc1ccc(S(=O)(=O)N(CCCO)C2CCC2)cc1. The second kappa shape index (κ2) is 7.24. The number of hydrogen-bond donors (Lipinski definition) is 1. The lowest BCUT2D eigenvalue weighted by atomic mass is 9.93. The molecule has 0 radical (unpaired) electrons. The van der Waals surface area contributed by atoms with Gasteiger partial charge in [0.15, 0.2) is 0 Å². The Balaban J connectivity index is 2.20. The standard InChI is InChI=1S/C15H23NO4S/c1-2-20-14-7-9-15(10-8-14)21(18,19)16(11-4-12-17)13-5-3-6-13/h7-10,13,17H,2-6,11-12H2,1H3. The molecule has 1 N–H and O–H groups in total. The molecule has 0 amide bonds. The molecule has 1 saturated carbocycles. The first-order valence-corrected chi connectivity index (χ1v) is 8.89. The van der Waals surface area contributed by atoms with Crippen molar-refractivity contribution in [2.24, 2.45) is 0 Å². The summed E-state index contributed by atoms with van der Waals surface area (Å²) in [5.41, 5.74) is 0. The molecule has 1 aliphatic rings. The van der Waals surface area contributed by atoms with Crippen molar-refractivity contribution in [3.05, 3.63) is 24.3 Å². The predicted octanol–water partition coefficient (Wildman–Crippen LogP) is 2.01. The molecule has 0 saturated heterocycles. The van der Waals surface area contributed by atoms with E-state index in [1.165, 1.54) is 0 Å². The zero-order valence-corrected chi connectivity index (χ0v) is 13.2. The summed E-state index contributed by atoms with van der Waals surface area (Å²) in [7, 11) is -3.50. The number of nitrogens with zero attached hydrogens (tertiary/aromatic N) is 1. The summed E-state index contributed by atoms with van der Waals surface area (Å²) in [4.78, 5) is 0.288. The Kier molecular flexibility index (Phi) is 5.61. The molecule has 0 heterocycles. The van der Waals surface area contributed by atoms with E-state index in [1.54, 1.807) is 28.6 Å². The Labute approximate surface area is 126 Å². The molecule has 0 atom stereocenters. The van der Waals surface area contributed by atoms with Gasteiger partial charge in [-0.3, -0.25) is 0 Å². The Bertz CT molecular complexity index is 537. The molecule has 1 aromatic rings. The van der Waals surface area contributed by atoms with Crippen molar-refractivity contribution in [3.63, 3.8) is 0 Å². The number of aliphatic hydroxyl groups excluding tert-OH is 1. The van der Waals surface area contributed by atoms with Crippen molar-refractivity contribution in [1.82, 2.24) is 4.31 Å². The summed E-state index contributed by atoms with van der Waals surface area (Å²) in [5.74, 6) is 0.669. The lowest BCUT2D eigenvalue weighted by Crippen LogP contribution is -2.44. The smallest absolute Gasteiger partial charge is 0.243 e. The quantitative estimate of drug-likeness (QED) is 0.797. The van der Waals surface area contributed by atoms with E-state index in [1.807, 2.05) is 6.92 Å². The van der Waals surface area contributed by atoms with Crippen molar-refractivity contribution in [3.8, 4) is 5.75 Å². The number of sulfonamides is 1. The molecule has 0 aliphatic heterocycles. The highest BCUT2D eigenvalue weighted by Gasteiger charge is 2.34. The van der Waals surface area contributed by atoms with Crippen molar-refractivity contribution in [2.45, 2.75) is 43.5 Å². The molecule has 5 nitrogen and oxygen atoms in total. The van der Waals surface area contributed by atoms with Crippen LogP contribution in [0.2, 0.25) is 0 Å². The second-order valence-electron chi connectivity index (χ2n) is 5.18. The number of hydrogen-bond acceptors (Lipinski definition) is 4. The lowest BCUT2D eigenvalue weighted by molar-refractivity contribution is 0.198. The van der Waals surface area contributed by atoms with Crippen LogP contribution in [0.3, 0.4) is 0 Å². The van der Waals surface area contributed by atoms with Gasteiger partial charge in [-0.1, -0.05) is 6.42 Å². The van der Waals surface area contributed by atoms with Gasteiger partial charge >= 0.3 is 0 Å². The van der Waals surface area contributed by atoms with Crippen LogP contribution in [0.5, 0.6) is 5.75 Å².